The average Bonchev–Trinajstić information content (AvgIpc) is 2.81. The van der Waals surface area contributed by atoms with Crippen molar-refractivity contribution in [3.63, 3.8) is 0 Å². The fraction of sp³-hybridized carbons (Fsp3) is 0.400. The van der Waals surface area contributed by atoms with E-state index < -0.39 is 0 Å². The van der Waals surface area contributed by atoms with Crippen LogP contribution in [-0.4, -0.2) is 32.1 Å². The molecule has 19 heavy (non-hydrogen) atoms. The molecule has 0 aromatic carbocycles. The van der Waals surface area contributed by atoms with Crippen molar-refractivity contribution in [2.45, 2.75) is 18.8 Å². The minimum Gasteiger partial charge on any atom is -0.458 e. The van der Waals surface area contributed by atoms with E-state index >= 15 is 0 Å². The van der Waals surface area contributed by atoms with Gasteiger partial charge in [0, 0.05) is 25.5 Å². The van der Waals surface area contributed by atoms with Gasteiger partial charge in [0.1, 0.15) is 6.61 Å². The lowest BCUT2D eigenvalue weighted by Crippen LogP contribution is -2.13. The van der Waals surface area contributed by atoms with Crippen LogP contribution < -0.4 is 0 Å². The van der Waals surface area contributed by atoms with Gasteiger partial charge < -0.3 is 14.2 Å². The molecule has 2 aliphatic rings. The Labute approximate surface area is 113 Å². The summed E-state index contributed by atoms with van der Waals surface area (Å²) in [6, 6.07) is 0. The first kappa shape index (κ1) is 13.8. The molecule has 1 fully saturated rings. The molecule has 2 heterocycles. The SMILES string of the molecule is CO[C@H]1C[C@H]2\C=C/C=C/C=C\COC(=O)/C=C\[C@@H]2O1. The normalized spacial score (nSPS) is 37.9. The quantitative estimate of drug-likeness (QED) is 0.679. The van der Waals surface area contributed by atoms with Gasteiger partial charge in [-0.15, -0.1) is 0 Å². The molecule has 2 aliphatic heterocycles. The standard InChI is InChI=1S/C15H18O4/c1-17-15-11-12-7-5-3-2-4-6-10-18-14(16)9-8-13(12)19-15/h2-9,12-13,15H,10-11H2,1H3/b3-2+,6-4-,7-5-,9-8-/t12-,13+,15-/m1/s1. The zero-order valence-electron chi connectivity index (χ0n) is 10.9. The highest BCUT2D eigenvalue weighted by Gasteiger charge is 2.31. The molecule has 4 nitrogen and oxygen atoms in total. The summed E-state index contributed by atoms with van der Waals surface area (Å²) in [6.07, 6.45) is 15.1. The van der Waals surface area contributed by atoms with Gasteiger partial charge >= 0.3 is 5.97 Å². The second-order valence-corrected chi connectivity index (χ2v) is 4.35. The molecule has 0 radical (unpaired) electrons. The van der Waals surface area contributed by atoms with Gasteiger partial charge in [-0.1, -0.05) is 30.4 Å². The predicted molar refractivity (Wildman–Crippen MR) is 71.3 cm³/mol. The highest BCUT2D eigenvalue weighted by molar-refractivity contribution is 5.82. The van der Waals surface area contributed by atoms with Crippen LogP contribution >= 0.6 is 0 Å². The van der Waals surface area contributed by atoms with Crippen molar-refractivity contribution in [2.24, 2.45) is 5.92 Å². The van der Waals surface area contributed by atoms with Gasteiger partial charge in [-0.05, 0) is 12.2 Å². The van der Waals surface area contributed by atoms with Crippen LogP contribution in [0.1, 0.15) is 6.42 Å². The van der Waals surface area contributed by atoms with E-state index in [0.717, 1.165) is 6.42 Å². The number of methoxy groups -OCH3 is 1. The molecule has 0 aromatic heterocycles. The molecule has 4 heteroatoms. The highest BCUT2D eigenvalue weighted by atomic mass is 16.7. The van der Waals surface area contributed by atoms with Crippen LogP contribution in [-0.2, 0) is 19.0 Å². The summed E-state index contributed by atoms with van der Waals surface area (Å²) in [5, 5.41) is 0. The van der Waals surface area contributed by atoms with E-state index in [2.05, 4.69) is 6.08 Å². The van der Waals surface area contributed by atoms with Gasteiger partial charge in [0.2, 0.25) is 0 Å². The maximum absolute atomic E-state index is 11.5. The molecule has 3 atom stereocenters. The number of cyclic esters (lactones) is 1. The lowest BCUT2D eigenvalue weighted by molar-refractivity contribution is -0.136. The fourth-order valence-electron chi connectivity index (χ4n) is 2.04. The van der Waals surface area contributed by atoms with Crippen molar-refractivity contribution < 1.29 is 19.0 Å². The summed E-state index contributed by atoms with van der Waals surface area (Å²) in [4.78, 5) is 11.5. The molecule has 1 saturated heterocycles. The summed E-state index contributed by atoms with van der Waals surface area (Å²) >= 11 is 0. The van der Waals surface area contributed by atoms with Gasteiger partial charge in [0.05, 0.1) is 6.10 Å². The number of hydrogen-bond donors (Lipinski definition) is 0. The van der Waals surface area contributed by atoms with Crippen LogP contribution in [0.25, 0.3) is 0 Å². The lowest BCUT2D eigenvalue weighted by Gasteiger charge is -2.10. The largest absolute Gasteiger partial charge is 0.458 e. The Hall–Kier alpha value is -1.65. The second kappa shape index (κ2) is 7.07. The minimum absolute atomic E-state index is 0.157. The molecule has 0 saturated carbocycles. The number of hydrogen-bond acceptors (Lipinski definition) is 4. The van der Waals surface area contributed by atoms with E-state index in [1.165, 1.54) is 6.08 Å². The third-order valence-electron chi connectivity index (χ3n) is 3.03. The number of fused-ring (bicyclic) bond motifs is 1. The van der Waals surface area contributed by atoms with Gasteiger partial charge in [0.25, 0.3) is 0 Å². The van der Waals surface area contributed by atoms with Gasteiger partial charge in [-0.3, -0.25) is 0 Å². The number of carbonyl (C=O) groups is 1. The van der Waals surface area contributed by atoms with E-state index in [-0.39, 0.29) is 30.9 Å². The zero-order valence-corrected chi connectivity index (χ0v) is 10.9. The molecule has 0 aromatic rings. The molecule has 0 aliphatic carbocycles. The number of ether oxygens (including phenoxy) is 3. The highest BCUT2D eigenvalue weighted by Crippen LogP contribution is 2.29. The van der Waals surface area contributed by atoms with Crippen LogP contribution in [0.3, 0.4) is 0 Å². The number of rotatable bonds is 1. The van der Waals surface area contributed by atoms with Crippen molar-refractivity contribution >= 4 is 5.97 Å². The third-order valence-corrected chi connectivity index (χ3v) is 3.03. The summed E-state index contributed by atoms with van der Waals surface area (Å²) < 4.78 is 15.9. The molecule has 0 spiro atoms. The van der Waals surface area contributed by atoms with Crippen molar-refractivity contribution in [1.82, 2.24) is 0 Å². The Bertz CT molecular complexity index is 420. The van der Waals surface area contributed by atoms with Crippen molar-refractivity contribution in [3.05, 3.63) is 48.6 Å². The summed E-state index contributed by atoms with van der Waals surface area (Å²) in [6.45, 7) is 0.271. The number of allylic oxidation sites excluding steroid dienone is 4. The van der Waals surface area contributed by atoms with Crippen molar-refractivity contribution in [2.75, 3.05) is 13.7 Å². The molecule has 102 valence electrons. The van der Waals surface area contributed by atoms with E-state index in [1.54, 1.807) is 19.3 Å². The Morgan fingerprint density at radius 1 is 1.21 bits per heavy atom. The fourth-order valence-corrected chi connectivity index (χ4v) is 2.04. The van der Waals surface area contributed by atoms with Gasteiger partial charge in [-0.25, -0.2) is 4.79 Å². The topological polar surface area (TPSA) is 44.8 Å². The maximum Gasteiger partial charge on any atom is 0.330 e. The summed E-state index contributed by atoms with van der Waals surface area (Å²) in [7, 11) is 1.62. The Morgan fingerprint density at radius 2 is 2.05 bits per heavy atom. The molecule has 0 N–H and O–H groups in total. The predicted octanol–water partition coefficient (Wildman–Crippen LogP) is 2.15. The first-order chi connectivity index (χ1) is 9.29. The van der Waals surface area contributed by atoms with Crippen molar-refractivity contribution in [3.8, 4) is 0 Å². The van der Waals surface area contributed by atoms with E-state index in [4.69, 9.17) is 14.2 Å². The van der Waals surface area contributed by atoms with Crippen LogP contribution in [0.15, 0.2) is 48.6 Å². The van der Waals surface area contributed by atoms with Crippen LogP contribution in [0, 0.1) is 5.92 Å². The smallest absolute Gasteiger partial charge is 0.330 e. The summed E-state index contributed by atoms with van der Waals surface area (Å²) in [5.41, 5.74) is 0. The van der Waals surface area contributed by atoms with Crippen LogP contribution in [0.4, 0.5) is 0 Å². The molecule has 2 rings (SSSR count). The molecule has 0 amide bonds. The zero-order chi connectivity index (χ0) is 13.5. The van der Waals surface area contributed by atoms with E-state index in [9.17, 15) is 4.79 Å². The Kier molecular flexibility index (Phi) is 5.12. The maximum atomic E-state index is 11.5. The second-order valence-electron chi connectivity index (χ2n) is 4.35. The van der Waals surface area contributed by atoms with E-state index in [0.29, 0.717) is 0 Å². The molecular formula is C15H18O4. The first-order valence-corrected chi connectivity index (χ1v) is 6.33. The number of carbonyl (C=O) groups excluding carboxylic acids is 1. The minimum atomic E-state index is -0.361. The molecule has 0 unspecified atom stereocenters. The number of esters is 1. The molecular weight excluding hydrogens is 244 g/mol. The van der Waals surface area contributed by atoms with Gasteiger partial charge in [-0.2, -0.15) is 0 Å². The van der Waals surface area contributed by atoms with Gasteiger partial charge in [0.15, 0.2) is 6.29 Å². The van der Waals surface area contributed by atoms with Crippen LogP contribution in [0.5, 0.6) is 0 Å². The Balaban J connectivity index is 2.13. The lowest BCUT2D eigenvalue weighted by atomic mass is 10.00. The van der Waals surface area contributed by atoms with E-state index in [1.807, 2.05) is 24.3 Å². The first-order valence-electron chi connectivity index (χ1n) is 6.33. The summed E-state index contributed by atoms with van der Waals surface area (Å²) in [5.74, 6) is -0.163. The Morgan fingerprint density at radius 3 is 2.89 bits per heavy atom. The van der Waals surface area contributed by atoms with Crippen LogP contribution in [0.2, 0.25) is 0 Å². The monoisotopic (exact) mass is 262 g/mol. The average molecular weight is 262 g/mol. The molecule has 0 bridgehead atoms. The third kappa shape index (κ3) is 4.19. The van der Waals surface area contributed by atoms with Crippen molar-refractivity contribution in [1.29, 1.82) is 0 Å².